The highest BCUT2D eigenvalue weighted by Gasteiger charge is 2.44. The smallest absolute Gasteiger partial charge is 0.0521 e. The standard InChI is InChI=1S/C14H23N3/c1-17-9-12(8-16-17)6-7-14(10-15-11-14)13-4-2-3-5-13/h8-9,13,15H,2-7,10-11H2,1H3. The lowest BCUT2D eigenvalue weighted by atomic mass is 9.66. The van der Waals surface area contributed by atoms with Crippen LogP contribution in [0.5, 0.6) is 0 Å². The number of aromatic nitrogens is 2. The van der Waals surface area contributed by atoms with Crippen LogP contribution in [0.15, 0.2) is 12.4 Å². The summed E-state index contributed by atoms with van der Waals surface area (Å²) in [7, 11) is 2.00. The van der Waals surface area contributed by atoms with E-state index in [1.54, 1.807) is 0 Å². The van der Waals surface area contributed by atoms with Gasteiger partial charge in [-0.2, -0.15) is 5.10 Å². The predicted molar refractivity (Wildman–Crippen MR) is 68.8 cm³/mol. The van der Waals surface area contributed by atoms with E-state index in [-0.39, 0.29) is 0 Å². The van der Waals surface area contributed by atoms with Crippen molar-refractivity contribution in [1.29, 1.82) is 0 Å². The number of rotatable bonds is 4. The fraction of sp³-hybridized carbons (Fsp3) is 0.786. The quantitative estimate of drug-likeness (QED) is 0.863. The van der Waals surface area contributed by atoms with Crippen LogP contribution in [0.25, 0.3) is 0 Å². The Labute approximate surface area is 104 Å². The Morgan fingerprint density at radius 1 is 1.41 bits per heavy atom. The van der Waals surface area contributed by atoms with Gasteiger partial charge in [0.05, 0.1) is 6.20 Å². The van der Waals surface area contributed by atoms with Crippen molar-refractivity contribution >= 4 is 0 Å². The van der Waals surface area contributed by atoms with Crippen LogP contribution in [0.2, 0.25) is 0 Å². The maximum Gasteiger partial charge on any atom is 0.0521 e. The van der Waals surface area contributed by atoms with Crippen molar-refractivity contribution in [2.75, 3.05) is 13.1 Å². The summed E-state index contributed by atoms with van der Waals surface area (Å²) in [6, 6.07) is 0. The average molecular weight is 233 g/mol. The molecule has 2 heterocycles. The number of aryl methyl sites for hydroxylation is 2. The molecule has 0 unspecified atom stereocenters. The molecule has 1 saturated carbocycles. The Morgan fingerprint density at radius 2 is 2.18 bits per heavy atom. The highest BCUT2D eigenvalue weighted by Crippen LogP contribution is 2.45. The Morgan fingerprint density at radius 3 is 2.71 bits per heavy atom. The molecule has 17 heavy (non-hydrogen) atoms. The lowest BCUT2D eigenvalue weighted by molar-refractivity contribution is 0.0703. The fourth-order valence-electron chi connectivity index (χ4n) is 3.65. The van der Waals surface area contributed by atoms with Crippen LogP contribution in [0, 0.1) is 11.3 Å². The maximum atomic E-state index is 4.26. The van der Waals surface area contributed by atoms with Crippen molar-refractivity contribution in [2.24, 2.45) is 18.4 Å². The van der Waals surface area contributed by atoms with E-state index in [2.05, 4.69) is 16.6 Å². The van der Waals surface area contributed by atoms with Gasteiger partial charge < -0.3 is 5.32 Å². The first-order valence-corrected chi connectivity index (χ1v) is 6.97. The molecular formula is C14H23N3. The molecule has 3 nitrogen and oxygen atoms in total. The van der Waals surface area contributed by atoms with Crippen molar-refractivity contribution in [1.82, 2.24) is 15.1 Å². The summed E-state index contributed by atoms with van der Waals surface area (Å²) in [5.41, 5.74) is 2.02. The van der Waals surface area contributed by atoms with Crippen LogP contribution in [0.3, 0.4) is 0 Å². The van der Waals surface area contributed by atoms with Gasteiger partial charge in [0.2, 0.25) is 0 Å². The summed E-state index contributed by atoms with van der Waals surface area (Å²) in [5.74, 6) is 0.987. The van der Waals surface area contributed by atoms with E-state index in [1.807, 2.05) is 17.9 Å². The van der Waals surface area contributed by atoms with Gasteiger partial charge in [-0.15, -0.1) is 0 Å². The molecule has 1 aromatic rings. The van der Waals surface area contributed by atoms with E-state index >= 15 is 0 Å². The molecule has 0 spiro atoms. The van der Waals surface area contributed by atoms with Crippen molar-refractivity contribution in [3.8, 4) is 0 Å². The third kappa shape index (κ3) is 2.13. The minimum atomic E-state index is 0.617. The van der Waals surface area contributed by atoms with E-state index in [1.165, 1.54) is 57.2 Å². The van der Waals surface area contributed by atoms with Gasteiger partial charge in [0.1, 0.15) is 0 Å². The van der Waals surface area contributed by atoms with Crippen LogP contribution in [0.4, 0.5) is 0 Å². The van der Waals surface area contributed by atoms with Gasteiger partial charge >= 0.3 is 0 Å². The van der Waals surface area contributed by atoms with Crippen LogP contribution in [-0.2, 0) is 13.5 Å². The van der Waals surface area contributed by atoms with Gasteiger partial charge in [0.15, 0.2) is 0 Å². The summed E-state index contributed by atoms with van der Waals surface area (Å²) < 4.78 is 1.91. The van der Waals surface area contributed by atoms with Crippen LogP contribution in [-0.4, -0.2) is 22.9 Å². The molecule has 0 amide bonds. The molecule has 0 atom stereocenters. The highest BCUT2D eigenvalue weighted by molar-refractivity contribution is 5.07. The van der Waals surface area contributed by atoms with Crippen LogP contribution >= 0.6 is 0 Å². The topological polar surface area (TPSA) is 29.9 Å². The molecule has 0 radical (unpaired) electrons. The first kappa shape index (κ1) is 11.3. The van der Waals surface area contributed by atoms with Gasteiger partial charge in [-0.3, -0.25) is 4.68 Å². The maximum absolute atomic E-state index is 4.26. The summed E-state index contributed by atoms with van der Waals surface area (Å²) in [6.07, 6.45) is 12.6. The lowest BCUT2D eigenvalue weighted by Gasteiger charge is -2.47. The Bertz CT molecular complexity index is 373. The van der Waals surface area contributed by atoms with Crippen LogP contribution < -0.4 is 5.32 Å². The fourth-order valence-corrected chi connectivity index (χ4v) is 3.65. The third-order valence-corrected chi connectivity index (χ3v) is 4.85. The first-order chi connectivity index (χ1) is 8.28. The van der Waals surface area contributed by atoms with E-state index in [0.29, 0.717) is 5.41 Å². The second-order valence-corrected chi connectivity index (χ2v) is 5.97. The Kier molecular flexibility index (Phi) is 2.95. The van der Waals surface area contributed by atoms with Gasteiger partial charge in [0, 0.05) is 26.3 Å². The SMILES string of the molecule is Cn1cc(CCC2(C3CCCC3)CNC2)cn1. The van der Waals surface area contributed by atoms with Crippen molar-refractivity contribution in [3.05, 3.63) is 18.0 Å². The first-order valence-electron chi connectivity index (χ1n) is 6.97. The molecule has 2 aliphatic rings. The molecule has 94 valence electrons. The second kappa shape index (κ2) is 4.45. The van der Waals surface area contributed by atoms with Gasteiger partial charge in [-0.1, -0.05) is 12.8 Å². The van der Waals surface area contributed by atoms with E-state index in [4.69, 9.17) is 0 Å². The molecule has 0 bridgehead atoms. The molecule has 0 aromatic carbocycles. The second-order valence-electron chi connectivity index (χ2n) is 5.97. The Balaban J connectivity index is 1.62. The van der Waals surface area contributed by atoms with Crippen molar-refractivity contribution in [3.63, 3.8) is 0 Å². The normalized spacial score (nSPS) is 23.8. The molecule has 3 heteroatoms. The number of nitrogens with one attached hydrogen (secondary N) is 1. The molecule has 1 saturated heterocycles. The number of nitrogens with zero attached hydrogens (tertiary/aromatic N) is 2. The molecule has 1 aliphatic carbocycles. The van der Waals surface area contributed by atoms with Gasteiger partial charge in [-0.25, -0.2) is 0 Å². The van der Waals surface area contributed by atoms with Crippen LogP contribution in [0.1, 0.15) is 37.7 Å². The third-order valence-electron chi connectivity index (χ3n) is 4.85. The summed E-state index contributed by atoms with van der Waals surface area (Å²) in [4.78, 5) is 0. The lowest BCUT2D eigenvalue weighted by Crippen LogP contribution is -2.57. The summed E-state index contributed by atoms with van der Waals surface area (Å²) in [5, 5.41) is 7.76. The van der Waals surface area contributed by atoms with Crippen molar-refractivity contribution in [2.45, 2.75) is 38.5 Å². The number of hydrogen-bond donors (Lipinski definition) is 1. The largest absolute Gasteiger partial charge is 0.316 e. The molecule has 1 aromatic heterocycles. The van der Waals surface area contributed by atoms with E-state index < -0.39 is 0 Å². The van der Waals surface area contributed by atoms with E-state index in [0.717, 1.165) is 5.92 Å². The molecule has 1 aliphatic heterocycles. The monoisotopic (exact) mass is 233 g/mol. The minimum absolute atomic E-state index is 0.617. The molecular weight excluding hydrogens is 210 g/mol. The zero-order valence-electron chi connectivity index (χ0n) is 10.8. The zero-order valence-corrected chi connectivity index (χ0v) is 10.8. The number of hydrogen-bond acceptors (Lipinski definition) is 2. The zero-order chi connectivity index (χ0) is 11.7. The van der Waals surface area contributed by atoms with Crippen molar-refractivity contribution < 1.29 is 0 Å². The van der Waals surface area contributed by atoms with Gasteiger partial charge in [-0.05, 0) is 42.6 Å². The predicted octanol–water partition coefficient (Wildman–Crippen LogP) is 2.13. The highest BCUT2D eigenvalue weighted by atomic mass is 15.2. The minimum Gasteiger partial charge on any atom is -0.316 e. The molecule has 2 fully saturated rings. The molecule has 3 rings (SSSR count). The average Bonchev–Trinajstić information content (AvgIpc) is 2.88. The molecule has 1 N–H and O–H groups in total. The van der Waals surface area contributed by atoms with Gasteiger partial charge in [0.25, 0.3) is 0 Å². The van der Waals surface area contributed by atoms with E-state index in [9.17, 15) is 0 Å². The summed E-state index contributed by atoms with van der Waals surface area (Å²) >= 11 is 0. The Hall–Kier alpha value is -0.830. The summed E-state index contributed by atoms with van der Waals surface area (Å²) in [6.45, 7) is 2.50.